The van der Waals surface area contributed by atoms with Gasteiger partial charge in [-0.05, 0) is 36.2 Å². The second-order valence-electron chi connectivity index (χ2n) is 7.98. The van der Waals surface area contributed by atoms with Crippen LogP contribution in [0.2, 0.25) is 0 Å². The van der Waals surface area contributed by atoms with E-state index in [4.69, 9.17) is 4.74 Å². The first-order chi connectivity index (χ1) is 13.2. The van der Waals surface area contributed by atoms with Crippen molar-refractivity contribution >= 4 is 17.4 Å². The van der Waals surface area contributed by atoms with Crippen LogP contribution in [-0.4, -0.2) is 23.9 Å². The van der Waals surface area contributed by atoms with E-state index in [1.54, 1.807) is 40.0 Å². The molecular weight excluding hydrogens is 354 g/mol. The van der Waals surface area contributed by atoms with E-state index in [9.17, 15) is 14.7 Å². The first-order valence-electron chi connectivity index (χ1n) is 9.18. The Hall–Kier alpha value is -3.08. The van der Waals surface area contributed by atoms with Gasteiger partial charge in [0.05, 0.1) is 18.7 Å². The number of carbonyl (C=O) groups excluding carboxylic acids is 2. The van der Waals surface area contributed by atoms with Crippen molar-refractivity contribution in [3.63, 3.8) is 0 Å². The lowest BCUT2D eigenvalue weighted by Gasteiger charge is -2.30. The predicted molar refractivity (Wildman–Crippen MR) is 109 cm³/mol. The largest absolute Gasteiger partial charge is 0.503 e. The summed E-state index contributed by atoms with van der Waals surface area (Å²) in [5, 5.41) is 10.7. The average molecular weight is 379 g/mol. The molecule has 0 radical (unpaired) electrons. The number of rotatable bonds is 4. The van der Waals surface area contributed by atoms with Crippen LogP contribution < -0.4 is 9.64 Å². The Balaban J connectivity index is 2.21. The van der Waals surface area contributed by atoms with Crippen molar-refractivity contribution in [1.82, 2.24) is 0 Å². The number of aryl methyl sites for hydroxylation is 1. The van der Waals surface area contributed by atoms with Crippen molar-refractivity contribution in [3.05, 3.63) is 71.0 Å². The van der Waals surface area contributed by atoms with Crippen molar-refractivity contribution in [2.75, 3.05) is 12.0 Å². The number of para-hydroxylation sites is 1. The van der Waals surface area contributed by atoms with Crippen LogP contribution in [0.25, 0.3) is 0 Å². The molecule has 0 bridgehead atoms. The molecule has 2 aromatic carbocycles. The molecule has 1 N–H and O–H groups in total. The van der Waals surface area contributed by atoms with Gasteiger partial charge in [-0.15, -0.1) is 0 Å². The minimum absolute atomic E-state index is 0.130. The summed E-state index contributed by atoms with van der Waals surface area (Å²) in [7, 11) is 1.58. The van der Waals surface area contributed by atoms with E-state index in [0.29, 0.717) is 11.4 Å². The highest BCUT2D eigenvalue weighted by Crippen LogP contribution is 2.44. The molecule has 1 unspecified atom stereocenters. The molecule has 28 heavy (non-hydrogen) atoms. The molecule has 146 valence electrons. The SMILES string of the molecule is COc1ccc(C2C(C(=O)C(C)(C)C)=C(O)C(=O)N2c2ccccc2C)cc1. The predicted octanol–water partition coefficient (Wildman–Crippen LogP) is 4.52. The fourth-order valence-corrected chi connectivity index (χ4v) is 3.43. The molecule has 1 aliphatic heterocycles. The normalized spacial score (nSPS) is 17.2. The van der Waals surface area contributed by atoms with Gasteiger partial charge >= 0.3 is 0 Å². The van der Waals surface area contributed by atoms with E-state index in [0.717, 1.165) is 11.1 Å². The molecule has 0 aromatic heterocycles. The number of methoxy groups -OCH3 is 1. The van der Waals surface area contributed by atoms with Gasteiger partial charge in [0.2, 0.25) is 0 Å². The van der Waals surface area contributed by atoms with Crippen molar-refractivity contribution in [2.45, 2.75) is 33.7 Å². The summed E-state index contributed by atoms with van der Waals surface area (Å²) in [6.45, 7) is 7.24. The van der Waals surface area contributed by atoms with Gasteiger partial charge < -0.3 is 9.84 Å². The van der Waals surface area contributed by atoms with Crippen LogP contribution >= 0.6 is 0 Å². The van der Waals surface area contributed by atoms with Gasteiger partial charge in [0.1, 0.15) is 5.75 Å². The van der Waals surface area contributed by atoms with Gasteiger partial charge in [-0.25, -0.2) is 0 Å². The van der Waals surface area contributed by atoms with Crippen LogP contribution in [0, 0.1) is 12.3 Å². The molecule has 0 fully saturated rings. The number of ketones is 1. The average Bonchev–Trinajstić information content (AvgIpc) is 2.92. The molecule has 2 aromatic rings. The lowest BCUT2D eigenvalue weighted by atomic mass is 9.82. The molecular formula is C23H25NO4. The summed E-state index contributed by atoms with van der Waals surface area (Å²) in [4.78, 5) is 27.7. The monoisotopic (exact) mass is 379 g/mol. The highest BCUT2D eigenvalue weighted by molar-refractivity contribution is 6.17. The molecule has 0 aliphatic carbocycles. The van der Waals surface area contributed by atoms with Gasteiger partial charge in [-0.3, -0.25) is 14.5 Å². The van der Waals surface area contributed by atoms with E-state index in [1.165, 1.54) is 4.90 Å². The van der Waals surface area contributed by atoms with Crippen LogP contribution in [0.3, 0.4) is 0 Å². The number of benzene rings is 2. The first kappa shape index (κ1) is 19.7. The number of amides is 1. The van der Waals surface area contributed by atoms with Gasteiger partial charge in [0.15, 0.2) is 11.5 Å². The highest BCUT2D eigenvalue weighted by Gasteiger charge is 2.46. The number of hydrogen-bond acceptors (Lipinski definition) is 4. The molecule has 1 amide bonds. The van der Waals surface area contributed by atoms with Crippen molar-refractivity contribution in [1.29, 1.82) is 0 Å². The van der Waals surface area contributed by atoms with Crippen LogP contribution in [0.4, 0.5) is 5.69 Å². The van der Waals surface area contributed by atoms with Crippen LogP contribution in [-0.2, 0) is 9.59 Å². The third-order valence-electron chi connectivity index (χ3n) is 4.94. The number of aliphatic hydroxyl groups is 1. The number of anilines is 1. The lowest BCUT2D eigenvalue weighted by molar-refractivity contribution is -0.123. The van der Waals surface area contributed by atoms with Gasteiger partial charge in [0, 0.05) is 11.1 Å². The van der Waals surface area contributed by atoms with E-state index >= 15 is 0 Å². The fraction of sp³-hybridized carbons (Fsp3) is 0.304. The summed E-state index contributed by atoms with van der Waals surface area (Å²) in [6, 6.07) is 13.9. The minimum atomic E-state index is -0.740. The van der Waals surface area contributed by atoms with Crippen molar-refractivity contribution in [2.24, 2.45) is 5.41 Å². The lowest BCUT2D eigenvalue weighted by Crippen LogP contribution is -2.33. The first-order valence-corrected chi connectivity index (χ1v) is 9.18. The zero-order valence-corrected chi connectivity index (χ0v) is 16.8. The molecule has 5 nitrogen and oxygen atoms in total. The highest BCUT2D eigenvalue weighted by atomic mass is 16.5. The molecule has 0 saturated heterocycles. The number of hydrogen-bond donors (Lipinski definition) is 1. The summed E-state index contributed by atoms with van der Waals surface area (Å²) in [6.07, 6.45) is 0. The molecule has 0 spiro atoms. The Morgan fingerprint density at radius 2 is 1.68 bits per heavy atom. The maximum absolute atomic E-state index is 13.2. The zero-order chi connectivity index (χ0) is 20.6. The molecule has 0 saturated carbocycles. The Morgan fingerprint density at radius 1 is 1.07 bits per heavy atom. The Labute approximate surface area is 165 Å². The van der Waals surface area contributed by atoms with E-state index in [-0.39, 0.29) is 11.4 Å². The standard InChI is InChI=1S/C23H25NO4/c1-14-8-6-7-9-17(14)24-19(15-10-12-16(28-5)13-11-15)18(20(25)22(24)27)21(26)23(2,3)4/h6-13,19,25H,1-5H3. The molecule has 1 heterocycles. The van der Waals surface area contributed by atoms with Gasteiger partial charge in [-0.1, -0.05) is 51.1 Å². The van der Waals surface area contributed by atoms with Gasteiger partial charge in [-0.2, -0.15) is 0 Å². The van der Waals surface area contributed by atoms with Crippen molar-refractivity contribution in [3.8, 4) is 5.75 Å². The maximum Gasteiger partial charge on any atom is 0.294 e. The third-order valence-corrected chi connectivity index (χ3v) is 4.94. The second kappa shape index (κ2) is 7.15. The number of nitrogens with zero attached hydrogens (tertiary/aromatic N) is 1. The van der Waals surface area contributed by atoms with E-state index in [2.05, 4.69) is 0 Å². The number of carbonyl (C=O) groups is 2. The van der Waals surface area contributed by atoms with Crippen LogP contribution in [0.1, 0.15) is 37.9 Å². The molecule has 3 rings (SSSR count). The molecule has 1 aliphatic rings. The van der Waals surface area contributed by atoms with Crippen LogP contribution in [0.15, 0.2) is 59.9 Å². The third kappa shape index (κ3) is 3.28. The zero-order valence-electron chi connectivity index (χ0n) is 16.8. The maximum atomic E-state index is 13.2. The number of Topliss-reactive ketones (excluding diaryl/α,β-unsaturated/α-hetero) is 1. The summed E-state index contributed by atoms with van der Waals surface area (Å²) >= 11 is 0. The number of aliphatic hydroxyl groups excluding tert-OH is 1. The summed E-state index contributed by atoms with van der Waals surface area (Å²) in [5.41, 5.74) is 1.67. The molecule has 1 atom stereocenters. The van der Waals surface area contributed by atoms with E-state index < -0.39 is 23.1 Å². The second-order valence-corrected chi connectivity index (χ2v) is 7.98. The quantitative estimate of drug-likeness (QED) is 0.848. The van der Waals surface area contributed by atoms with Gasteiger partial charge in [0.25, 0.3) is 5.91 Å². The summed E-state index contributed by atoms with van der Waals surface area (Å²) in [5.74, 6) is -0.630. The minimum Gasteiger partial charge on any atom is -0.503 e. The Morgan fingerprint density at radius 3 is 2.21 bits per heavy atom. The molecule has 5 heteroatoms. The smallest absolute Gasteiger partial charge is 0.294 e. The van der Waals surface area contributed by atoms with Crippen molar-refractivity contribution < 1.29 is 19.4 Å². The number of ether oxygens (including phenoxy) is 1. The Kier molecular flexibility index (Phi) is 5.02. The topological polar surface area (TPSA) is 66.8 Å². The van der Waals surface area contributed by atoms with E-state index in [1.807, 2.05) is 43.3 Å². The van der Waals surface area contributed by atoms with Crippen LogP contribution in [0.5, 0.6) is 5.75 Å². The Bertz CT molecular complexity index is 951. The summed E-state index contributed by atoms with van der Waals surface area (Å²) < 4.78 is 5.22. The fourth-order valence-electron chi connectivity index (χ4n) is 3.43.